The Labute approximate surface area is 130 Å². The molecule has 0 aliphatic rings. The van der Waals surface area contributed by atoms with Crippen LogP contribution in [0, 0.1) is 13.8 Å². The quantitative estimate of drug-likeness (QED) is 0.837. The maximum Gasteiger partial charge on any atom is 0.319 e. The number of aryl methyl sites for hydroxylation is 2. The lowest BCUT2D eigenvalue weighted by molar-refractivity contribution is 0.249. The molecule has 2 amide bonds. The molecule has 2 N–H and O–H groups in total. The second kappa shape index (κ2) is 6.64. The van der Waals surface area contributed by atoms with Gasteiger partial charge in [0.2, 0.25) is 0 Å². The van der Waals surface area contributed by atoms with E-state index in [0.29, 0.717) is 10.7 Å². The number of hydrogen-bond donors (Lipinski definition) is 2. The van der Waals surface area contributed by atoms with Gasteiger partial charge in [-0.25, -0.2) is 4.79 Å². The maximum absolute atomic E-state index is 12.0. The van der Waals surface area contributed by atoms with Crippen LogP contribution >= 0.6 is 11.6 Å². The van der Waals surface area contributed by atoms with Crippen LogP contribution in [-0.4, -0.2) is 6.03 Å². The Hall–Kier alpha value is -2.00. The van der Waals surface area contributed by atoms with E-state index in [0.717, 1.165) is 5.56 Å². The number of hydrogen-bond acceptors (Lipinski definition) is 1. The second-order valence-corrected chi connectivity index (χ2v) is 5.63. The molecule has 2 rings (SSSR count). The summed E-state index contributed by atoms with van der Waals surface area (Å²) in [4.78, 5) is 12.0. The summed E-state index contributed by atoms with van der Waals surface area (Å²) in [6.07, 6.45) is 0. The molecule has 0 aliphatic carbocycles. The second-order valence-electron chi connectivity index (χ2n) is 5.19. The Morgan fingerprint density at radius 1 is 1.14 bits per heavy atom. The zero-order valence-corrected chi connectivity index (χ0v) is 13.2. The lowest BCUT2D eigenvalue weighted by Crippen LogP contribution is -2.31. The topological polar surface area (TPSA) is 41.1 Å². The first-order chi connectivity index (χ1) is 9.95. The Morgan fingerprint density at radius 2 is 1.90 bits per heavy atom. The predicted octanol–water partition coefficient (Wildman–Crippen LogP) is 4.84. The minimum atomic E-state index is -0.246. The molecule has 0 heterocycles. The smallest absolute Gasteiger partial charge is 0.319 e. The van der Waals surface area contributed by atoms with Gasteiger partial charge in [0.1, 0.15) is 0 Å². The fourth-order valence-corrected chi connectivity index (χ4v) is 2.51. The highest BCUT2D eigenvalue weighted by molar-refractivity contribution is 6.30. The molecule has 0 bridgehead atoms. The van der Waals surface area contributed by atoms with E-state index in [1.807, 2.05) is 6.92 Å². The first kappa shape index (κ1) is 15.4. The Morgan fingerprint density at radius 3 is 2.57 bits per heavy atom. The van der Waals surface area contributed by atoms with Gasteiger partial charge in [-0.3, -0.25) is 0 Å². The van der Waals surface area contributed by atoms with Gasteiger partial charge in [-0.2, -0.15) is 0 Å². The number of amides is 2. The Balaban J connectivity index is 2.02. The van der Waals surface area contributed by atoms with Crippen molar-refractivity contribution in [2.24, 2.45) is 0 Å². The molecular weight excluding hydrogens is 284 g/mol. The highest BCUT2D eigenvalue weighted by Crippen LogP contribution is 2.19. The van der Waals surface area contributed by atoms with E-state index in [1.54, 1.807) is 24.3 Å². The molecule has 0 fully saturated rings. The molecule has 0 radical (unpaired) electrons. The van der Waals surface area contributed by atoms with Crippen molar-refractivity contribution < 1.29 is 4.79 Å². The first-order valence-corrected chi connectivity index (χ1v) is 7.24. The van der Waals surface area contributed by atoms with E-state index in [1.165, 1.54) is 11.1 Å². The lowest BCUT2D eigenvalue weighted by Gasteiger charge is -2.17. The molecule has 0 spiro atoms. The molecule has 110 valence electrons. The molecule has 0 unspecified atom stereocenters. The molecular formula is C17H19ClN2O. The van der Waals surface area contributed by atoms with Crippen molar-refractivity contribution in [3.05, 3.63) is 64.2 Å². The summed E-state index contributed by atoms with van der Waals surface area (Å²) in [5.74, 6) is 0. The number of rotatable bonds is 3. The van der Waals surface area contributed by atoms with Crippen molar-refractivity contribution in [3.8, 4) is 0 Å². The van der Waals surface area contributed by atoms with Gasteiger partial charge in [-0.1, -0.05) is 41.4 Å². The van der Waals surface area contributed by atoms with Crippen LogP contribution in [-0.2, 0) is 0 Å². The molecule has 4 heteroatoms. The molecule has 0 saturated carbocycles. The van der Waals surface area contributed by atoms with Crippen molar-refractivity contribution in [1.29, 1.82) is 0 Å². The SMILES string of the molecule is Cc1ccc([C@H](C)NC(=O)Nc2cccc(Cl)c2)c(C)c1. The Bertz CT molecular complexity index is 655. The number of benzene rings is 2. The largest absolute Gasteiger partial charge is 0.331 e. The van der Waals surface area contributed by atoms with E-state index in [9.17, 15) is 4.79 Å². The molecule has 0 aliphatic heterocycles. The molecule has 3 nitrogen and oxygen atoms in total. The fourth-order valence-electron chi connectivity index (χ4n) is 2.32. The first-order valence-electron chi connectivity index (χ1n) is 6.86. The minimum absolute atomic E-state index is 0.0650. The van der Waals surface area contributed by atoms with Crippen LogP contribution in [0.4, 0.5) is 10.5 Å². The summed E-state index contributed by atoms with van der Waals surface area (Å²) < 4.78 is 0. The average molecular weight is 303 g/mol. The summed E-state index contributed by atoms with van der Waals surface area (Å²) in [7, 11) is 0. The van der Waals surface area contributed by atoms with Gasteiger partial charge in [-0.05, 0) is 50.1 Å². The number of anilines is 1. The van der Waals surface area contributed by atoms with Crippen LogP contribution in [0.2, 0.25) is 5.02 Å². The molecule has 2 aromatic rings. The summed E-state index contributed by atoms with van der Waals surface area (Å²) in [5.41, 5.74) is 4.17. The van der Waals surface area contributed by atoms with Crippen molar-refractivity contribution >= 4 is 23.3 Å². The Kier molecular flexibility index (Phi) is 4.86. The lowest BCUT2D eigenvalue weighted by atomic mass is 10.0. The third-order valence-electron chi connectivity index (χ3n) is 3.32. The third-order valence-corrected chi connectivity index (χ3v) is 3.56. The van der Waals surface area contributed by atoms with Crippen LogP contribution in [0.25, 0.3) is 0 Å². The molecule has 21 heavy (non-hydrogen) atoms. The van der Waals surface area contributed by atoms with E-state index in [2.05, 4.69) is 42.7 Å². The fraction of sp³-hybridized carbons (Fsp3) is 0.235. The van der Waals surface area contributed by atoms with Crippen LogP contribution in [0.15, 0.2) is 42.5 Å². The average Bonchev–Trinajstić information content (AvgIpc) is 2.38. The van der Waals surface area contributed by atoms with E-state index in [4.69, 9.17) is 11.6 Å². The van der Waals surface area contributed by atoms with Crippen molar-refractivity contribution in [2.75, 3.05) is 5.32 Å². The van der Waals surface area contributed by atoms with Gasteiger partial charge in [-0.15, -0.1) is 0 Å². The van der Waals surface area contributed by atoms with E-state index >= 15 is 0 Å². The summed E-state index contributed by atoms with van der Waals surface area (Å²) >= 11 is 5.89. The maximum atomic E-state index is 12.0. The zero-order chi connectivity index (χ0) is 15.4. The number of halogens is 1. The normalized spacial score (nSPS) is 11.8. The highest BCUT2D eigenvalue weighted by atomic mass is 35.5. The van der Waals surface area contributed by atoms with Crippen LogP contribution in [0.1, 0.15) is 29.7 Å². The zero-order valence-electron chi connectivity index (χ0n) is 12.4. The number of urea groups is 1. The van der Waals surface area contributed by atoms with Crippen LogP contribution in [0.5, 0.6) is 0 Å². The molecule has 2 aromatic carbocycles. The molecule has 1 atom stereocenters. The van der Waals surface area contributed by atoms with Gasteiger partial charge in [0, 0.05) is 10.7 Å². The van der Waals surface area contributed by atoms with Gasteiger partial charge < -0.3 is 10.6 Å². The number of nitrogens with one attached hydrogen (secondary N) is 2. The summed E-state index contributed by atoms with van der Waals surface area (Å²) in [5, 5.41) is 6.30. The predicted molar refractivity (Wildman–Crippen MR) is 87.9 cm³/mol. The van der Waals surface area contributed by atoms with Gasteiger partial charge in [0.05, 0.1) is 6.04 Å². The monoisotopic (exact) mass is 302 g/mol. The third kappa shape index (κ3) is 4.23. The van der Waals surface area contributed by atoms with Crippen LogP contribution < -0.4 is 10.6 Å². The molecule has 0 saturated heterocycles. The van der Waals surface area contributed by atoms with Crippen molar-refractivity contribution in [2.45, 2.75) is 26.8 Å². The summed E-state index contributed by atoms with van der Waals surface area (Å²) in [6, 6.07) is 13.0. The van der Waals surface area contributed by atoms with Gasteiger partial charge >= 0.3 is 6.03 Å². The minimum Gasteiger partial charge on any atom is -0.331 e. The summed E-state index contributed by atoms with van der Waals surface area (Å²) in [6.45, 7) is 6.07. The van der Waals surface area contributed by atoms with Crippen molar-refractivity contribution in [1.82, 2.24) is 5.32 Å². The highest BCUT2D eigenvalue weighted by Gasteiger charge is 2.11. The number of carbonyl (C=O) groups excluding carboxylic acids is 1. The number of carbonyl (C=O) groups is 1. The van der Waals surface area contributed by atoms with E-state index in [-0.39, 0.29) is 12.1 Å². The molecule has 0 aromatic heterocycles. The van der Waals surface area contributed by atoms with Crippen LogP contribution in [0.3, 0.4) is 0 Å². The standard InChI is InChI=1S/C17H19ClN2O/c1-11-7-8-16(12(2)9-11)13(3)19-17(21)20-15-6-4-5-14(18)10-15/h4-10,13H,1-3H3,(H2,19,20,21)/t13-/m0/s1. The van der Waals surface area contributed by atoms with E-state index < -0.39 is 0 Å². The van der Waals surface area contributed by atoms with Gasteiger partial charge in [0.25, 0.3) is 0 Å². The van der Waals surface area contributed by atoms with Crippen molar-refractivity contribution in [3.63, 3.8) is 0 Å². The van der Waals surface area contributed by atoms with Gasteiger partial charge in [0.15, 0.2) is 0 Å².